The lowest BCUT2D eigenvalue weighted by Gasteiger charge is -2.06. The van der Waals surface area contributed by atoms with Crippen molar-refractivity contribution in [1.29, 1.82) is 0 Å². The van der Waals surface area contributed by atoms with Gasteiger partial charge in [-0.25, -0.2) is 4.79 Å². The van der Waals surface area contributed by atoms with Gasteiger partial charge < -0.3 is 14.6 Å². The van der Waals surface area contributed by atoms with Crippen molar-refractivity contribution in [2.24, 2.45) is 0 Å². The van der Waals surface area contributed by atoms with Crippen molar-refractivity contribution in [2.75, 3.05) is 13.2 Å². The Labute approximate surface area is 101 Å². The van der Waals surface area contributed by atoms with E-state index < -0.39 is 5.97 Å². The second kappa shape index (κ2) is 3.89. The van der Waals surface area contributed by atoms with E-state index in [2.05, 4.69) is 4.37 Å². The summed E-state index contributed by atoms with van der Waals surface area (Å²) in [6.07, 6.45) is 0.826. The van der Waals surface area contributed by atoms with Crippen molar-refractivity contribution in [3.05, 3.63) is 17.8 Å². The van der Waals surface area contributed by atoms with Crippen LogP contribution >= 0.6 is 11.5 Å². The second-order valence-electron chi connectivity index (χ2n) is 3.68. The molecular formula is C11H9NO4S. The highest BCUT2D eigenvalue weighted by atomic mass is 32.1. The molecule has 2 heterocycles. The Balaban J connectivity index is 2.20. The Kier molecular flexibility index (Phi) is 2.36. The quantitative estimate of drug-likeness (QED) is 0.841. The third-order valence-electron chi connectivity index (χ3n) is 2.54. The van der Waals surface area contributed by atoms with Crippen LogP contribution < -0.4 is 9.47 Å². The van der Waals surface area contributed by atoms with E-state index in [0.717, 1.165) is 22.7 Å². The van der Waals surface area contributed by atoms with Crippen molar-refractivity contribution >= 4 is 27.6 Å². The molecule has 1 aliphatic rings. The molecule has 1 aliphatic heterocycles. The van der Waals surface area contributed by atoms with E-state index >= 15 is 0 Å². The number of aromatic nitrogens is 1. The lowest BCUT2D eigenvalue weighted by atomic mass is 10.2. The summed E-state index contributed by atoms with van der Waals surface area (Å²) in [6.45, 7) is 1.20. The summed E-state index contributed by atoms with van der Waals surface area (Å²) in [6, 6.07) is 3.49. The highest BCUT2D eigenvalue weighted by Gasteiger charge is 2.18. The number of hydrogen-bond acceptors (Lipinski definition) is 5. The lowest BCUT2D eigenvalue weighted by Crippen LogP contribution is -1.97. The van der Waals surface area contributed by atoms with Crippen molar-refractivity contribution in [3.63, 3.8) is 0 Å². The molecule has 1 aromatic carbocycles. The average molecular weight is 251 g/mol. The number of benzene rings is 1. The van der Waals surface area contributed by atoms with E-state index in [4.69, 9.17) is 14.6 Å². The lowest BCUT2D eigenvalue weighted by molar-refractivity contribution is 0.0694. The van der Waals surface area contributed by atoms with Gasteiger partial charge in [0, 0.05) is 17.9 Å². The molecule has 17 heavy (non-hydrogen) atoms. The summed E-state index contributed by atoms with van der Waals surface area (Å²) in [7, 11) is 0. The molecule has 0 atom stereocenters. The van der Waals surface area contributed by atoms with E-state index in [1.54, 1.807) is 12.1 Å². The van der Waals surface area contributed by atoms with E-state index in [1.165, 1.54) is 0 Å². The maximum Gasteiger partial charge on any atom is 0.356 e. The molecule has 1 N–H and O–H groups in total. The zero-order valence-corrected chi connectivity index (χ0v) is 9.62. The fourth-order valence-electron chi connectivity index (χ4n) is 1.75. The summed E-state index contributed by atoms with van der Waals surface area (Å²) < 4.78 is 15.8. The first-order valence-electron chi connectivity index (χ1n) is 5.18. The van der Waals surface area contributed by atoms with Crippen LogP contribution in [-0.4, -0.2) is 28.7 Å². The summed E-state index contributed by atoms with van der Waals surface area (Å²) in [5.41, 5.74) is 0.0700. The van der Waals surface area contributed by atoms with Crippen LogP contribution in [-0.2, 0) is 0 Å². The van der Waals surface area contributed by atoms with Crippen molar-refractivity contribution in [3.8, 4) is 11.5 Å². The van der Waals surface area contributed by atoms with E-state index in [-0.39, 0.29) is 5.69 Å². The molecule has 88 valence electrons. The minimum Gasteiger partial charge on any atom is -0.490 e. The van der Waals surface area contributed by atoms with Crippen LogP contribution in [0.5, 0.6) is 11.5 Å². The number of ether oxygens (including phenoxy) is 2. The predicted molar refractivity (Wildman–Crippen MR) is 62.2 cm³/mol. The third kappa shape index (κ3) is 1.70. The number of carboxylic acids is 1. The van der Waals surface area contributed by atoms with Gasteiger partial charge in [-0.3, -0.25) is 0 Å². The zero-order chi connectivity index (χ0) is 11.8. The van der Waals surface area contributed by atoms with Crippen molar-refractivity contribution in [2.45, 2.75) is 6.42 Å². The summed E-state index contributed by atoms with van der Waals surface area (Å²) in [5, 5.41) is 9.61. The van der Waals surface area contributed by atoms with Crippen LogP contribution in [0.15, 0.2) is 12.1 Å². The molecule has 2 aromatic rings. The van der Waals surface area contributed by atoms with Gasteiger partial charge in [-0.15, -0.1) is 0 Å². The van der Waals surface area contributed by atoms with Gasteiger partial charge in [0.05, 0.1) is 17.9 Å². The number of carboxylic acid groups (broad SMARTS) is 1. The molecule has 0 amide bonds. The third-order valence-corrected chi connectivity index (χ3v) is 3.35. The first-order valence-corrected chi connectivity index (χ1v) is 5.95. The predicted octanol–water partition coefficient (Wildman–Crippen LogP) is 2.16. The molecule has 0 radical (unpaired) electrons. The molecule has 6 heteroatoms. The normalized spacial score (nSPS) is 14.6. The number of rotatable bonds is 1. The monoisotopic (exact) mass is 251 g/mol. The van der Waals surface area contributed by atoms with Gasteiger partial charge >= 0.3 is 5.97 Å². The largest absolute Gasteiger partial charge is 0.490 e. The molecule has 0 bridgehead atoms. The van der Waals surface area contributed by atoms with Crippen LogP contribution in [0.2, 0.25) is 0 Å². The van der Waals surface area contributed by atoms with Gasteiger partial charge in [0.1, 0.15) is 0 Å². The van der Waals surface area contributed by atoms with Gasteiger partial charge in [0.15, 0.2) is 17.2 Å². The number of hydrogen-bond donors (Lipinski definition) is 1. The van der Waals surface area contributed by atoms with Gasteiger partial charge in [-0.1, -0.05) is 0 Å². The van der Waals surface area contributed by atoms with Crippen molar-refractivity contribution < 1.29 is 19.4 Å². The number of carbonyl (C=O) groups is 1. The first kappa shape index (κ1) is 10.3. The highest BCUT2D eigenvalue weighted by Crippen LogP contribution is 2.36. The summed E-state index contributed by atoms with van der Waals surface area (Å²) >= 11 is 1.16. The standard InChI is InChI=1S/C11H9NO4S/c13-11(14)10-6-4-7-8(5-9(6)17-12-10)16-3-1-2-15-7/h4-5H,1-3H2,(H,13,14). The highest BCUT2D eigenvalue weighted by molar-refractivity contribution is 7.13. The Morgan fingerprint density at radius 1 is 1.29 bits per heavy atom. The number of aromatic carboxylic acids is 1. The van der Waals surface area contributed by atoms with E-state index in [0.29, 0.717) is 30.1 Å². The second-order valence-corrected chi connectivity index (χ2v) is 4.49. The molecule has 0 saturated carbocycles. The van der Waals surface area contributed by atoms with E-state index in [9.17, 15) is 4.79 Å². The molecule has 3 rings (SSSR count). The Hall–Kier alpha value is -1.82. The van der Waals surface area contributed by atoms with Gasteiger partial charge in [0.25, 0.3) is 0 Å². The summed E-state index contributed by atoms with van der Waals surface area (Å²) in [4.78, 5) is 11.0. The molecule has 5 nitrogen and oxygen atoms in total. The molecule has 0 saturated heterocycles. The van der Waals surface area contributed by atoms with Crippen LogP contribution in [0.25, 0.3) is 10.1 Å². The Bertz CT molecular complexity index is 592. The van der Waals surface area contributed by atoms with Crippen molar-refractivity contribution in [1.82, 2.24) is 4.37 Å². The first-order chi connectivity index (χ1) is 8.25. The maximum absolute atomic E-state index is 11.0. The fourth-order valence-corrected chi connectivity index (χ4v) is 2.53. The van der Waals surface area contributed by atoms with Crippen LogP contribution in [0, 0.1) is 0 Å². The van der Waals surface area contributed by atoms with Crippen LogP contribution in [0.4, 0.5) is 0 Å². The molecule has 1 aromatic heterocycles. The molecule has 0 fully saturated rings. The summed E-state index contributed by atoms with van der Waals surface area (Å²) in [5.74, 6) is 0.235. The fraction of sp³-hybridized carbons (Fsp3) is 0.273. The molecular weight excluding hydrogens is 242 g/mol. The van der Waals surface area contributed by atoms with Gasteiger partial charge in [-0.2, -0.15) is 4.37 Å². The minimum absolute atomic E-state index is 0.0700. The number of nitrogens with zero attached hydrogens (tertiary/aromatic N) is 1. The average Bonchev–Trinajstić information content (AvgIpc) is 2.57. The molecule has 0 unspecified atom stereocenters. The zero-order valence-electron chi connectivity index (χ0n) is 8.80. The Morgan fingerprint density at radius 3 is 2.71 bits per heavy atom. The van der Waals surface area contributed by atoms with Gasteiger partial charge in [0.2, 0.25) is 0 Å². The van der Waals surface area contributed by atoms with Crippen LogP contribution in [0.3, 0.4) is 0 Å². The number of fused-ring (bicyclic) bond motifs is 2. The SMILES string of the molecule is O=C(O)c1nsc2cc3c(cc12)OCCCO3. The maximum atomic E-state index is 11.0. The van der Waals surface area contributed by atoms with E-state index in [1.807, 2.05) is 0 Å². The smallest absolute Gasteiger partial charge is 0.356 e. The van der Waals surface area contributed by atoms with Crippen LogP contribution in [0.1, 0.15) is 16.9 Å². The van der Waals surface area contributed by atoms with Gasteiger partial charge in [-0.05, 0) is 17.6 Å². The Morgan fingerprint density at radius 2 is 2.00 bits per heavy atom. The molecule has 0 spiro atoms. The molecule has 0 aliphatic carbocycles. The topological polar surface area (TPSA) is 68.7 Å². The minimum atomic E-state index is -1.02.